The number of rotatable bonds is 4. The summed E-state index contributed by atoms with van der Waals surface area (Å²) in [5, 5.41) is 0. The van der Waals surface area contributed by atoms with Gasteiger partial charge >= 0.3 is 6.09 Å². The Morgan fingerprint density at radius 1 is 1.33 bits per heavy atom. The molecule has 0 heterocycles. The van der Waals surface area contributed by atoms with Crippen molar-refractivity contribution in [3.8, 4) is 0 Å². The molecule has 1 aliphatic rings. The summed E-state index contributed by atoms with van der Waals surface area (Å²) in [6, 6.07) is -0.371. The zero-order valence-electron chi connectivity index (χ0n) is 12.1. The maximum atomic E-state index is 12.2. The first-order valence-electron chi connectivity index (χ1n) is 6.73. The molecule has 4 heteroatoms. The number of carbonyl (C=O) groups is 2. The van der Waals surface area contributed by atoms with E-state index >= 15 is 0 Å². The van der Waals surface area contributed by atoms with Crippen molar-refractivity contribution in [2.75, 3.05) is 0 Å². The summed E-state index contributed by atoms with van der Waals surface area (Å²) in [6.45, 7) is 9.34. The number of ether oxygens (including phenoxy) is 1. The van der Waals surface area contributed by atoms with Gasteiger partial charge in [0, 0.05) is 6.04 Å². The van der Waals surface area contributed by atoms with Gasteiger partial charge in [0.05, 0.1) is 6.04 Å². The fourth-order valence-electron chi connectivity index (χ4n) is 2.18. The minimum Gasteiger partial charge on any atom is -0.444 e. The van der Waals surface area contributed by atoms with Crippen molar-refractivity contribution >= 4 is 12.4 Å². The normalized spacial score (nSPS) is 18.1. The van der Waals surface area contributed by atoms with E-state index in [2.05, 4.69) is 0 Å². The summed E-state index contributed by atoms with van der Waals surface area (Å²) < 4.78 is 5.39. The van der Waals surface area contributed by atoms with Crippen molar-refractivity contribution in [2.24, 2.45) is 5.92 Å². The Morgan fingerprint density at radius 3 is 2.17 bits per heavy atom. The van der Waals surface area contributed by atoms with Crippen LogP contribution in [0.4, 0.5) is 4.79 Å². The van der Waals surface area contributed by atoms with Gasteiger partial charge in [0.25, 0.3) is 0 Å². The van der Waals surface area contributed by atoms with Crippen molar-refractivity contribution in [3.63, 3.8) is 0 Å². The van der Waals surface area contributed by atoms with E-state index in [4.69, 9.17) is 4.74 Å². The predicted octanol–water partition coefficient (Wildman–Crippen LogP) is 3.00. The lowest BCUT2D eigenvalue weighted by molar-refractivity contribution is -0.116. The SMILES string of the molecule is CC(C)N(C(=O)OC(C)(C)C)C(C=O)C1CCC1. The average molecular weight is 255 g/mol. The summed E-state index contributed by atoms with van der Waals surface area (Å²) in [5.41, 5.74) is -0.530. The van der Waals surface area contributed by atoms with Crippen LogP contribution in [0.3, 0.4) is 0 Å². The quantitative estimate of drug-likeness (QED) is 0.725. The second-order valence-electron chi connectivity index (χ2n) is 6.30. The third-order valence-electron chi connectivity index (χ3n) is 3.25. The molecule has 1 rings (SSSR count). The summed E-state index contributed by atoms with van der Waals surface area (Å²) >= 11 is 0. The lowest BCUT2D eigenvalue weighted by Gasteiger charge is -2.40. The molecule has 1 fully saturated rings. The van der Waals surface area contributed by atoms with E-state index in [1.54, 1.807) is 4.90 Å². The maximum Gasteiger partial charge on any atom is 0.411 e. The molecule has 1 amide bonds. The highest BCUT2D eigenvalue weighted by Crippen LogP contribution is 2.32. The first kappa shape index (κ1) is 15.0. The number of hydrogen-bond donors (Lipinski definition) is 0. The monoisotopic (exact) mass is 255 g/mol. The van der Waals surface area contributed by atoms with Gasteiger partial charge in [0.2, 0.25) is 0 Å². The van der Waals surface area contributed by atoms with Gasteiger partial charge in [-0.1, -0.05) is 6.42 Å². The predicted molar refractivity (Wildman–Crippen MR) is 70.4 cm³/mol. The smallest absolute Gasteiger partial charge is 0.411 e. The average Bonchev–Trinajstić information content (AvgIpc) is 2.09. The van der Waals surface area contributed by atoms with Gasteiger partial charge in [-0.15, -0.1) is 0 Å². The molecule has 104 valence electrons. The number of nitrogens with zero attached hydrogens (tertiary/aromatic N) is 1. The molecule has 0 aliphatic heterocycles. The molecule has 1 aliphatic carbocycles. The topological polar surface area (TPSA) is 46.6 Å². The van der Waals surface area contributed by atoms with Crippen LogP contribution in [0.1, 0.15) is 53.9 Å². The van der Waals surface area contributed by atoms with Crippen molar-refractivity contribution in [2.45, 2.75) is 71.6 Å². The third kappa shape index (κ3) is 3.72. The van der Waals surface area contributed by atoms with E-state index in [9.17, 15) is 9.59 Å². The number of amides is 1. The third-order valence-corrected chi connectivity index (χ3v) is 3.25. The largest absolute Gasteiger partial charge is 0.444 e. The molecule has 0 N–H and O–H groups in total. The highest BCUT2D eigenvalue weighted by atomic mass is 16.6. The Hall–Kier alpha value is -1.06. The maximum absolute atomic E-state index is 12.2. The zero-order valence-corrected chi connectivity index (χ0v) is 12.1. The number of carbonyl (C=O) groups excluding carboxylic acids is 2. The lowest BCUT2D eigenvalue weighted by Crippen LogP contribution is -2.52. The van der Waals surface area contributed by atoms with Gasteiger partial charge in [0.15, 0.2) is 0 Å². The molecule has 1 atom stereocenters. The van der Waals surface area contributed by atoms with E-state index in [1.165, 1.54) is 0 Å². The molecule has 0 saturated heterocycles. The second-order valence-corrected chi connectivity index (χ2v) is 6.30. The number of hydrogen-bond acceptors (Lipinski definition) is 3. The zero-order chi connectivity index (χ0) is 13.9. The standard InChI is InChI=1S/C14H25NO3/c1-10(2)15(13(17)18-14(3,4)5)12(9-16)11-7-6-8-11/h9-12H,6-8H2,1-5H3. The summed E-state index contributed by atoms with van der Waals surface area (Å²) in [5.74, 6) is 0.303. The molecule has 0 aromatic carbocycles. The van der Waals surface area contributed by atoms with Crippen LogP contribution in [0.25, 0.3) is 0 Å². The Kier molecular flexibility index (Phi) is 4.77. The van der Waals surface area contributed by atoms with E-state index in [0.29, 0.717) is 5.92 Å². The molecule has 1 saturated carbocycles. The van der Waals surface area contributed by atoms with Crippen molar-refractivity contribution in [1.82, 2.24) is 4.90 Å². The lowest BCUT2D eigenvalue weighted by atomic mass is 9.79. The Balaban J connectivity index is 2.79. The van der Waals surface area contributed by atoms with Crippen molar-refractivity contribution in [1.29, 1.82) is 0 Å². The fraction of sp³-hybridized carbons (Fsp3) is 0.857. The van der Waals surface area contributed by atoms with Crippen molar-refractivity contribution in [3.05, 3.63) is 0 Å². The minimum atomic E-state index is -0.530. The van der Waals surface area contributed by atoms with Gasteiger partial charge in [-0.2, -0.15) is 0 Å². The molecule has 0 radical (unpaired) electrons. The molecule has 0 aromatic rings. The summed E-state index contributed by atoms with van der Waals surface area (Å²) in [6.07, 6.45) is 3.70. The molecule has 0 bridgehead atoms. The Morgan fingerprint density at radius 2 is 1.89 bits per heavy atom. The number of aldehydes is 1. The highest BCUT2D eigenvalue weighted by Gasteiger charge is 2.37. The molecule has 0 aromatic heterocycles. The van der Waals surface area contributed by atoms with Crippen LogP contribution in [0.5, 0.6) is 0 Å². The van der Waals surface area contributed by atoms with Gasteiger partial charge in [0.1, 0.15) is 11.9 Å². The van der Waals surface area contributed by atoms with E-state index in [0.717, 1.165) is 25.5 Å². The van der Waals surface area contributed by atoms with Crippen LogP contribution in [0.15, 0.2) is 0 Å². The van der Waals surface area contributed by atoms with Gasteiger partial charge in [-0.25, -0.2) is 4.79 Å². The Labute approximate surface area is 110 Å². The van der Waals surface area contributed by atoms with E-state index in [-0.39, 0.29) is 18.2 Å². The highest BCUT2D eigenvalue weighted by molar-refractivity contribution is 5.74. The molecular weight excluding hydrogens is 230 g/mol. The van der Waals surface area contributed by atoms with Crippen LogP contribution in [-0.4, -0.2) is 35.0 Å². The van der Waals surface area contributed by atoms with Crippen LogP contribution >= 0.6 is 0 Å². The van der Waals surface area contributed by atoms with Crippen LogP contribution in [0, 0.1) is 5.92 Å². The van der Waals surface area contributed by atoms with Crippen molar-refractivity contribution < 1.29 is 14.3 Å². The second kappa shape index (κ2) is 5.72. The van der Waals surface area contributed by atoms with Crippen LogP contribution < -0.4 is 0 Å². The first-order chi connectivity index (χ1) is 8.26. The molecule has 4 nitrogen and oxygen atoms in total. The van der Waals surface area contributed by atoms with Crippen LogP contribution in [0.2, 0.25) is 0 Å². The van der Waals surface area contributed by atoms with Crippen LogP contribution in [-0.2, 0) is 9.53 Å². The molecular formula is C14H25NO3. The molecule has 18 heavy (non-hydrogen) atoms. The Bertz CT molecular complexity index is 303. The van der Waals surface area contributed by atoms with Gasteiger partial charge in [-0.3, -0.25) is 4.90 Å². The van der Waals surface area contributed by atoms with E-state index < -0.39 is 5.60 Å². The minimum absolute atomic E-state index is 0.0318. The van der Waals surface area contributed by atoms with E-state index in [1.807, 2.05) is 34.6 Å². The fourth-order valence-corrected chi connectivity index (χ4v) is 2.18. The van der Waals surface area contributed by atoms with Gasteiger partial charge < -0.3 is 9.53 Å². The molecule has 1 unspecified atom stereocenters. The summed E-state index contributed by atoms with van der Waals surface area (Å²) in [4.78, 5) is 25.1. The molecule has 0 spiro atoms. The van der Waals surface area contributed by atoms with Gasteiger partial charge in [-0.05, 0) is 53.4 Å². The first-order valence-corrected chi connectivity index (χ1v) is 6.73. The summed E-state index contributed by atoms with van der Waals surface area (Å²) in [7, 11) is 0.